The Hall–Kier alpha value is -3.33. The van der Waals surface area contributed by atoms with E-state index in [1.807, 2.05) is 31.2 Å². The molecular weight excluding hydrogens is 360 g/mol. The lowest BCUT2D eigenvalue weighted by Crippen LogP contribution is -2.16. The molecule has 0 saturated heterocycles. The van der Waals surface area contributed by atoms with E-state index in [0.29, 0.717) is 28.8 Å². The summed E-state index contributed by atoms with van der Waals surface area (Å²) in [6.45, 7) is 8.19. The number of aromatic nitrogens is 6. The minimum atomic E-state index is -0.241. The van der Waals surface area contributed by atoms with Crippen LogP contribution in [0.2, 0.25) is 0 Å². The summed E-state index contributed by atoms with van der Waals surface area (Å²) in [5, 5.41) is 17.0. The average Bonchev–Trinajstić information content (AvgIpc) is 3.26. The summed E-state index contributed by atoms with van der Waals surface area (Å²) >= 11 is 0. The Balaban J connectivity index is 1.69. The van der Waals surface area contributed by atoms with Crippen LogP contribution < -0.4 is 4.89 Å². The maximum absolute atomic E-state index is 5.57. The second kappa shape index (κ2) is 7.01. The van der Waals surface area contributed by atoms with Crippen LogP contribution in [0.25, 0.3) is 17.2 Å². The fourth-order valence-electron chi connectivity index (χ4n) is 2.68. The van der Waals surface area contributed by atoms with Crippen molar-refractivity contribution in [2.45, 2.75) is 39.7 Å². The van der Waals surface area contributed by atoms with Crippen LogP contribution in [-0.2, 0) is 16.9 Å². The molecule has 0 N–H and O–H groups in total. The molecular formula is C19H20N6O3. The van der Waals surface area contributed by atoms with Crippen LogP contribution in [0.4, 0.5) is 0 Å². The van der Waals surface area contributed by atoms with E-state index in [4.69, 9.17) is 14.3 Å². The van der Waals surface area contributed by atoms with Crippen molar-refractivity contribution in [2.24, 2.45) is 0 Å². The van der Waals surface area contributed by atoms with Crippen LogP contribution in [0.5, 0.6) is 5.88 Å². The Morgan fingerprint density at radius 2 is 2.00 bits per heavy atom. The molecule has 0 aliphatic carbocycles. The largest absolute Gasteiger partial charge is 0.361 e. The van der Waals surface area contributed by atoms with Gasteiger partial charge in [0.2, 0.25) is 5.82 Å². The number of pyridine rings is 1. The first-order valence-electron chi connectivity index (χ1n) is 8.82. The molecule has 9 nitrogen and oxygen atoms in total. The second-order valence-corrected chi connectivity index (χ2v) is 7.40. The molecule has 0 aliphatic rings. The van der Waals surface area contributed by atoms with Crippen molar-refractivity contribution in [3.63, 3.8) is 0 Å². The zero-order chi connectivity index (χ0) is 19.7. The maximum atomic E-state index is 5.57. The smallest absolute Gasteiger partial charge is 0.277 e. The first-order valence-corrected chi connectivity index (χ1v) is 8.82. The highest BCUT2D eigenvalue weighted by atomic mass is 17.2. The molecule has 0 fully saturated rings. The van der Waals surface area contributed by atoms with Crippen molar-refractivity contribution in [3.05, 3.63) is 53.5 Å². The van der Waals surface area contributed by atoms with Gasteiger partial charge >= 0.3 is 0 Å². The van der Waals surface area contributed by atoms with E-state index in [9.17, 15) is 0 Å². The SMILES string of the molecule is Cc1cc(-c2nnc3cc(C(C)(C)C)c(OOCc4ccccn4)nn23)no1. The summed E-state index contributed by atoms with van der Waals surface area (Å²) < 4.78 is 6.70. The normalized spacial score (nSPS) is 11.9. The topological polar surface area (TPSA) is 100 Å². The highest BCUT2D eigenvalue weighted by Gasteiger charge is 2.25. The Kier molecular flexibility index (Phi) is 4.52. The van der Waals surface area contributed by atoms with Gasteiger partial charge in [-0.1, -0.05) is 32.0 Å². The third-order valence-electron chi connectivity index (χ3n) is 4.10. The lowest BCUT2D eigenvalue weighted by atomic mass is 9.88. The van der Waals surface area contributed by atoms with E-state index >= 15 is 0 Å². The second-order valence-electron chi connectivity index (χ2n) is 7.40. The van der Waals surface area contributed by atoms with E-state index < -0.39 is 0 Å². The van der Waals surface area contributed by atoms with Gasteiger partial charge in [0.1, 0.15) is 12.4 Å². The highest BCUT2D eigenvalue weighted by molar-refractivity contribution is 5.56. The standard InChI is InChI=1S/C19H20N6O3/c1-12-9-15(24-27-12)17-22-21-16-10-14(19(2,3)4)18(23-25(16)17)28-26-11-13-7-5-6-8-20-13/h5-10H,11H2,1-4H3. The van der Waals surface area contributed by atoms with Crippen LogP contribution in [-0.4, -0.2) is 30.0 Å². The number of fused-ring (bicyclic) bond motifs is 1. The Bertz CT molecular complexity index is 1100. The quantitative estimate of drug-likeness (QED) is 0.384. The van der Waals surface area contributed by atoms with Crippen molar-refractivity contribution in [2.75, 3.05) is 0 Å². The molecule has 0 aliphatic heterocycles. The molecule has 0 amide bonds. The lowest BCUT2D eigenvalue weighted by Gasteiger charge is -2.20. The number of hydrogen-bond acceptors (Lipinski definition) is 8. The van der Waals surface area contributed by atoms with Crippen molar-refractivity contribution in [1.82, 2.24) is 30.0 Å². The van der Waals surface area contributed by atoms with E-state index in [0.717, 1.165) is 11.3 Å². The lowest BCUT2D eigenvalue weighted by molar-refractivity contribution is -0.222. The van der Waals surface area contributed by atoms with Crippen LogP contribution in [0, 0.1) is 6.92 Å². The fourth-order valence-corrected chi connectivity index (χ4v) is 2.68. The van der Waals surface area contributed by atoms with Gasteiger partial charge in [0.25, 0.3) is 5.88 Å². The van der Waals surface area contributed by atoms with Crippen molar-refractivity contribution >= 4 is 5.65 Å². The van der Waals surface area contributed by atoms with E-state index in [-0.39, 0.29) is 12.0 Å². The number of rotatable bonds is 5. The van der Waals surface area contributed by atoms with Gasteiger partial charge in [-0.15, -0.1) is 15.3 Å². The molecule has 28 heavy (non-hydrogen) atoms. The molecule has 4 rings (SSSR count). The van der Waals surface area contributed by atoms with Gasteiger partial charge in [-0.3, -0.25) is 4.98 Å². The van der Waals surface area contributed by atoms with Gasteiger partial charge < -0.3 is 9.41 Å². The molecule has 9 heteroatoms. The van der Waals surface area contributed by atoms with E-state index in [1.165, 1.54) is 0 Å². The maximum Gasteiger partial charge on any atom is 0.277 e. The molecule has 0 aromatic carbocycles. The Morgan fingerprint density at radius 3 is 2.68 bits per heavy atom. The molecule has 0 atom stereocenters. The number of hydrogen-bond donors (Lipinski definition) is 0. The summed E-state index contributed by atoms with van der Waals surface area (Å²) in [5.74, 6) is 1.47. The molecule has 4 aromatic heterocycles. The van der Waals surface area contributed by atoms with Gasteiger partial charge in [0.15, 0.2) is 11.3 Å². The van der Waals surface area contributed by atoms with Crippen LogP contribution in [0.1, 0.15) is 37.8 Å². The summed E-state index contributed by atoms with van der Waals surface area (Å²) in [4.78, 5) is 15.2. The predicted octanol–water partition coefficient (Wildman–Crippen LogP) is 3.29. The van der Waals surface area contributed by atoms with Crippen LogP contribution >= 0.6 is 0 Å². The van der Waals surface area contributed by atoms with Gasteiger partial charge in [-0.05, 0) is 30.5 Å². The average molecular weight is 380 g/mol. The van der Waals surface area contributed by atoms with Crippen molar-refractivity contribution < 1.29 is 14.3 Å². The molecule has 4 heterocycles. The zero-order valence-electron chi connectivity index (χ0n) is 16.1. The minimum absolute atomic E-state index is 0.196. The molecule has 0 spiro atoms. The molecule has 144 valence electrons. The first kappa shape index (κ1) is 18.1. The summed E-state index contributed by atoms with van der Waals surface area (Å²) in [5.41, 5.74) is 2.48. The van der Waals surface area contributed by atoms with Crippen molar-refractivity contribution in [1.29, 1.82) is 0 Å². The fraction of sp³-hybridized carbons (Fsp3) is 0.316. The predicted molar refractivity (Wildman–Crippen MR) is 99.4 cm³/mol. The zero-order valence-corrected chi connectivity index (χ0v) is 16.1. The summed E-state index contributed by atoms with van der Waals surface area (Å²) in [7, 11) is 0. The molecule has 0 radical (unpaired) electrons. The molecule has 4 aromatic rings. The molecule has 0 bridgehead atoms. The minimum Gasteiger partial charge on any atom is -0.361 e. The van der Waals surface area contributed by atoms with Gasteiger partial charge in [0.05, 0.1) is 5.69 Å². The van der Waals surface area contributed by atoms with Gasteiger partial charge in [0, 0.05) is 17.8 Å². The first-order chi connectivity index (χ1) is 13.4. The van der Waals surface area contributed by atoms with Gasteiger partial charge in [-0.2, -0.15) is 9.40 Å². The van der Waals surface area contributed by atoms with Gasteiger partial charge in [-0.25, -0.2) is 0 Å². The van der Waals surface area contributed by atoms with Crippen LogP contribution in [0.15, 0.2) is 41.1 Å². The monoisotopic (exact) mass is 380 g/mol. The summed E-state index contributed by atoms with van der Waals surface area (Å²) in [6, 6.07) is 9.25. The van der Waals surface area contributed by atoms with E-state index in [1.54, 1.807) is 16.8 Å². The third kappa shape index (κ3) is 3.56. The summed E-state index contributed by atoms with van der Waals surface area (Å²) in [6.07, 6.45) is 1.70. The molecule has 0 unspecified atom stereocenters. The van der Waals surface area contributed by atoms with Crippen molar-refractivity contribution in [3.8, 4) is 17.4 Å². The Labute approximate surface area is 161 Å². The highest BCUT2D eigenvalue weighted by Crippen LogP contribution is 2.31. The molecule has 0 saturated carbocycles. The number of nitrogens with zero attached hydrogens (tertiary/aromatic N) is 6. The van der Waals surface area contributed by atoms with E-state index in [2.05, 4.69) is 46.2 Å². The Morgan fingerprint density at radius 1 is 1.14 bits per heavy atom. The third-order valence-corrected chi connectivity index (χ3v) is 4.10. The number of aryl methyl sites for hydroxylation is 1. The van der Waals surface area contributed by atoms with Crippen LogP contribution in [0.3, 0.4) is 0 Å².